The number of benzene rings is 1. The van der Waals surface area contributed by atoms with E-state index < -0.39 is 0 Å². The molecule has 1 aliphatic rings. The third-order valence-corrected chi connectivity index (χ3v) is 5.44. The van der Waals surface area contributed by atoms with Gasteiger partial charge in [-0.25, -0.2) is 9.97 Å². The first-order valence-corrected chi connectivity index (χ1v) is 9.49. The summed E-state index contributed by atoms with van der Waals surface area (Å²) in [5, 5.41) is 8.60. The molecular formula is C18H18N6O2S. The van der Waals surface area contributed by atoms with E-state index in [9.17, 15) is 9.59 Å². The van der Waals surface area contributed by atoms with Gasteiger partial charge in [0, 0.05) is 19.5 Å². The number of aromatic nitrogens is 4. The third-order valence-electron chi connectivity index (χ3n) is 4.45. The van der Waals surface area contributed by atoms with Crippen molar-refractivity contribution in [3.05, 3.63) is 36.8 Å². The van der Waals surface area contributed by atoms with Crippen LogP contribution in [0.5, 0.6) is 0 Å². The minimum absolute atomic E-state index is 0.0768. The van der Waals surface area contributed by atoms with E-state index in [0.29, 0.717) is 10.7 Å². The van der Waals surface area contributed by atoms with Crippen LogP contribution in [-0.2, 0) is 16.6 Å². The van der Waals surface area contributed by atoms with Crippen molar-refractivity contribution in [1.29, 1.82) is 0 Å². The summed E-state index contributed by atoms with van der Waals surface area (Å²) in [7, 11) is 1.81. The van der Waals surface area contributed by atoms with Crippen molar-refractivity contribution in [2.24, 2.45) is 7.05 Å². The molecule has 1 aromatic carbocycles. The lowest BCUT2D eigenvalue weighted by Crippen LogP contribution is -2.40. The molecule has 0 spiro atoms. The highest BCUT2D eigenvalue weighted by atomic mass is 32.2. The molecule has 1 atom stereocenters. The molecule has 1 unspecified atom stereocenters. The largest absolute Gasteiger partial charge is 0.324 e. The van der Waals surface area contributed by atoms with Gasteiger partial charge in [0.2, 0.25) is 11.8 Å². The second kappa shape index (κ2) is 6.99. The number of amides is 2. The normalized spacial score (nSPS) is 16.7. The molecule has 4 rings (SSSR count). The summed E-state index contributed by atoms with van der Waals surface area (Å²) in [4.78, 5) is 35.3. The van der Waals surface area contributed by atoms with Gasteiger partial charge in [0.15, 0.2) is 5.65 Å². The Morgan fingerprint density at radius 3 is 3.00 bits per heavy atom. The number of anilines is 2. The number of hydrogen-bond acceptors (Lipinski definition) is 6. The van der Waals surface area contributed by atoms with Gasteiger partial charge in [-0.15, -0.1) is 0 Å². The molecule has 138 valence electrons. The van der Waals surface area contributed by atoms with Crippen LogP contribution in [0.25, 0.3) is 11.0 Å². The topological polar surface area (TPSA) is 93.0 Å². The summed E-state index contributed by atoms with van der Waals surface area (Å²) in [5.41, 5.74) is 2.10. The number of carbonyl (C=O) groups is 2. The number of hydrogen-bond donors (Lipinski definition) is 1. The van der Waals surface area contributed by atoms with E-state index in [4.69, 9.17) is 0 Å². The van der Waals surface area contributed by atoms with E-state index in [0.717, 1.165) is 16.7 Å². The molecule has 8 nitrogen and oxygen atoms in total. The molecule has 0 saturated heterocycles. The predicted octanol–water partition coefficient (Wildman–Crippen LogP) is 2.22. The molecule has 0 radical (unpaired) electrons. The fourth-order valence-electron chi connectivity index (χ4n) is 3.22. The zero-order chi connectivity index (χ0) is 19.0. The highest BCUT2D eigenvalue weighted by Gasteiger charge is 2.29. The van der Waals surface area contributed by atoms with Crippen LogP contribution in [0.1, 0.15) is 13.3 Å². The first kappa shape index (κ1) is 17.5. The Morgan fingerprint density at radius 1 is 1.33 bits per heavy atom. The molecule has 3 heterocycles. The van der Waals surface area contributed by atoms with Crippen LogP contribution >= 0.6 is 11.8 Å². The van der Waals surface area contributed by atoms with Gasteiger partial charge in [-0.05, 0) is 19.1 Å². The number of nitrogens with one attached hydrogen (secondary N) is 1. The third kappa shape index (κ3) is 3.25. The first-order valence-electron chi connectivity index (χ1n) is 8.51. The molecular weight excluding hydrogens is 364 g/mol. The zero-order valence-corrected chi connectivity index (χ0v) is 15.7. The van der Waals surface area contributed by atoms with Crippen molar-refractivity contribution in [2.45, 2.75) is 24.4 Å². The summed E-state index contributed by atoms with van der Waals surface area (Å²) in [6, 6.07) is 7.13. The predicted molar refractivity (Wildman–Crippen MR) is 104 cm³/mol. The highest BCUT2D eigenvalue weighted by Crippen LogP contribution is 2.32. The number of rotatable bonds is 3. The summed E-state index contributed by atoms with van der Waals surface area (Å²) in [6.45, 7) is 1.88. The van der Waals surface area contributed by atoms with Gasteiger partial charge in [0.05, 0.1) is 28.7 Å². The van der Waals surface area contributed by atoms with Crippen LogP contribution in [0.15, 0.2) is 41.8 Å². The van der Waals surface area contributed by atoms with Crippen molar-refractivity contribution in [3.8, 4) is 0 Å². The number of carbonyl (C=O) groups excluding carboxylic acids is 2. The van der Waals surface area contributed by atoms with Gasteiger partial charge in [-0.3, -0.25) is 14.3 Å². The van der Waals surface area contributed by atoms with E-state index >= 15 is 0 Å². The molecule has 0 aliphatic carbocycles. The Morgan fingerprint density at radius 2 is 2.15 bits per heavy atom. The quantitative estimate of drug-likeness (QED) is 0.551. The number of nitrogens with zero attached hydrogens (tertiary/aromatic N) is 5. The van der Waals surface area contributed by atoms with Crippen LogP contribution in [-0.4, -0.2) is 43.4 Å². The molecule has 27 heavy (non-hydrogen) atoms. The Balaban J connectivity index is 1.59. The molecule has 0 saturated carbocycles. The Kier molecular flexibility index (Phi) is 4.53. The fourth-order valence-corrected chi connectivity index (χ4v) is 4.04. The minimum atomic E-state index is -0.231. The van der Waals surface area contributed by atoms with Crippen LogP contribution in [0.2, 0.25) is 0 Å². The number of aryl methyl sites for hydroxylation is 1. The van der Waals surface area contributed by atoms with Gasteiger partial charge < -0.3 is 10.2 Å². The lowest BCUT2D eigenvalue weighted by molar-refractivity contribution is -0.117. The summed E-state index contributed by atoms with van der Waals surface area (Å²) in [6.07, 6.45) is 3.43. The molecule has 9 heteroatoms. The van der Waals surface area contributed by atoms with Gasteiger partial charge in [-0.1, -0.05) is 23.9 Å². The Hall–Kier alpha value is -2.94. The monoisotopic (exact) mass is 382 g/mol. The van der Waals surface area contributed by atoms with E-state index in [-0.39, 0.29) is 30.0 Å². The summed E-state index contributed by atoms with van der Waals surface area (Å²) in [5.74, 6) is 0.0336. The Bertz CT molecular complexity index is 1030. The van der Waals surface area contributed by atoms with E-state index in [1.807, 2.05) is 38.2 Å². The van der Waals surface area contributed by atoms with Gasteiger partial charge >= 0.3 is 0 Å². The maximum atomic E-state index is 13.0. The molecule has 2 aromatic heterocycles. The number of para-hydroxylation sites is 2. The van der Waals surface area contributed by atoms with Crippen molar-refractivity contribution < 1.29 is 9.59 Å². The van der Waals surface area contributed by atoms with Gasteiger partial charge in [-0.2, -0.15) is 5.10 Å². The summed E-state index contributed by atoms with van der Waals surface area (Å²) >= 11 is 1.35. The molecule has 0 fully saturated rings. The van der Waals surface area contributed by atoms with Gasteiger partial charge in [0.1, 0.15) is 11.4 Å². The fraction of sp³-hybridized carbons (Fsp3) is 0.278. The highest BCUT2D eigenvalue weighted by molar-refractivity contribution is 8.00. The second-order valence-electron chi connectivity index (χ2n) is 6.36. The zero-order valence-electron chi connectivity index (χ0n) is 14.9. The van der Waals surface area contributed by atoms with E-state index in [1.165, 1.54) is 18.1 Å². The molecule has 1 aliphatic heterocycles. The van der Waals surface area contributed by atoms with E-state index in [1.54, 1.807) is 15.8 Å². The van der Waals surface area contributed by atoms with Crippen LogP contribution < -0.4 is 10.2 Å². The summed E-state index contributed by atoms with van der Waals surface area (Å²) < 4.78 is 1.67. The van der Waals surface area contributed by atoms with E-state index in [2.05, 4.69) is 20.4 Å². The average molecular weight is 382 g/mol. The standard InChI is InChI=1S/C18H18N6O2S/c1-11-7-15(25)22-13-5-3-4-6-14(13)24(11)16(26)9-27-18-12-8-21-23(2)17(12)19-10-20-18/h3-6,8,10-11H,7,9H2,1-2H3,(H,22,25). The lowest BCUT2D eigenvalue weighted by atomic mass is 10.2. The number of thioether (sulfide) groups is 1. The first-order chi connectivity index (χ1) is 13.0. The van der Waals surface area contributed by atoms with Crippen LogP contribution in [0, 0.1) is 0 Å². The van der Waals surface area contributed by atoms with Crippen molar-refractivity contribution >= 4 is 46.0 Å². The van der Waals surface area contributed by atoms with Gasteiger partial charge in [0.25, 0.3) is 0 Å². The van der Waals surface area contributed by atoms with Crippen molar-refractivity contribution in [1.82, 2.24) is 19.7 Å². The molecule has 0 bridgehead atoms. The lowest BCUT2D eigenvalue weighted by Gasteiger charge is -2.27. The SMILES string of the molecule is CC1CC(=O)Nc2ccccc2N1C(=O)CSc1ncnc2c1cnn2C. The van der Waals surface area contributed by atoms with Crippen LogP contribution in [0.4, 0.5) is 11.4 Å². The second-order valence-corrected chi connectivity index (χ2v) is 7.32. The maximum absolute atomic E-state index is 13.0. The number of fused-ring (bicyclic) bond motifs is 2. The average Bonchev–Trinajstić information content (AvgIpc) is 2.97. The smallest absolute Gasteiger partial charge is 0.237 e. The maximum Gasteiger partial charge on any atom is 0.237 e. The van der Waals surface area contributed by atoms with Crippen LogP contribution in [0.3, 0.4) is 0 Å². The van der Waals surface area contributed by atoms with Crippen molar-refractivity contribution in [2.75, 3.05) is 16.0 Å². The van der Waals surface area contributed by atoms with Crippen molar-refractivity contribution in [3.63, 3.8) is 0 Å². The molecule has 1 N–H and O–H groups in total. The molecule has 3 aromatic rings. The minimum Gasteiger partial charge on any atom is -0.324 e. The Labute approximate surface area is 160 Å². The molecule has 2 amide bonds.